The van der Waals surface area contributed by atoms with Crippen molar-refractivity contribution in [2.24, 2.45) is 0 Å². The van der Waals surface area contributed by atoms with Crippen LogP contribution >= 0.6 is 23.2 Å². The summed E-state index contributed by atoms with van der Waals surface area (Å²) in [7, 11) is 0. The first-order valence-electron chi connectivity index (χ1n) is 9.23. The van der Waals surface area contributed by atoms with Gasteiger partial charge in [0.1, 0.15) is 23.9 Å². The van der Waals surface area contributed by atoms with Crippen LogP contribution in [0.15, 0.2) is 71.3 Å². The van der Waals surface area contributed by atoms with Crippen molar-refractivity contribution in [3.63, 3.8) is 0 Å². The molecule has 0 aliphatic heterocycles. The summed E-state index contributed by atoms with van der Waals surface area (Å²) in [5.74, 6) is 0.585. The summed E-state index contributed by atoms with van der Waals surface area (Å²) in [6.45, 7) is 0.277. The first-order valence-corrected chi connectivity index (χ1v) is 9.98. The lowest BCUT2D eigenvalue weighted by atomic mass is 10.2. The molecule has 0 aliphatic carbocycles. The Morgan fingerprint density at radius 2 is 1.97 bits per heavy atom. The van der Waals surface area contributed by atoms with Crippen LogP contribution in [-0.4, -0.2) is 15.7 Å². The van der Waals surface area contributed by atoms with Gasteiger partial charge in [-0.2, -0.15) is 5.10 Å². The van der Waals surface area contributed by atoms with Gasteiger partial charge in [0.25, 0.3) is 5.91 Å². The molecule has 31 heavy (non-hydrogen) atoms. The molecule has 0 saturated carbocycles. The molecule has 4 rings (SSSR count). The third-order valence-corrected chi connectivity index (χ3v) is 4.92. The Morgan fingerprint density at radius 3 is 2.77 bits per heavy atom. The lowest BCUT2D eigenvalue weighted by Crippen LogP contribution is -2.12. The molecular weight excluding hydrogens is 444 g/mol. The van der Waals surface area contributed by atoms with Crippen molar-refractivity contribution in [1.29, 1.82) is 0 Å². The van der Waals surface area contributed by atoms with Gasteiger partial charge < -0.3 is 14.5 Å². The van der Waals surface area contributed by atoms with Gasteiger partial charge in [0.05, 0.1) is 6.54 Å². The second-order valence-electron chi connectivity index (χ2n) is 6.56. The molecule has 2 aromatic carbocycles. The minimum Gasteiger partial charge on any atom is -0.486 e. The van der Waals surface area contributed by atoms with Crippen LogP contribution < -0.4 is 10.1 Å². The Kier molecular flexibility index (Phi) is 6.25. The molecule has 158 valence electrons. The number of hydrogen-bond acceptors (Lipinski definition) is 4. The van der Waals surface area contributed by atoms with E-state index in [9.17, 15) is 9.18 Å². The summed E-state index contributed by atoms with van der Waals surface area (Å²) in [4.78, 5) is 12.4. The van der Waals surface area contributed by atoms with Crippen molar-refractivity contribution in [3.8, 4) is 5.75 Å². The highest BCUT2D eigenvalue weighted by Gasteiger charge is 2.14. The summed E-state index contributed by atoms with van der Waals surface area (Å²) in [6, 6.07) is 16.2. The molecule has 2 heterocycles. The normalized spacial score (nSPS) is 10.8. The van der Waals surface area contributed by atoms with Crippen LogP contribution in [0.2, 0.25) is 10.0 Å². The van der Waals surface area contributed by atoms with Crippen molar-refractivity contribution in [2.75, 3.05) is 5.32 Å². The Labute approximate surface area is 187 Å². The number of hydrogen-bond donors (Lipinski definition) is 1. The van der Waals surface area contributed by atoms with Crippen molar-refractivity contribution >= 4 is 34.9 Å². The maximum atomic E-state index is 13.9. The number of furan rings is 1. The summed E-state index contributed by atoms with van der Waals surface area (Å²) < 4.78 is 26.5. The number of halogens is 3. The molecule has 0 bridgehead atoms. The van der Waals surface area contributed by atoms with Gasteiger partial charge in [-0.15, -0.1) is 0 Å². The molecule has 0 spiro atoms. The molecule has 0 atom stereocenters. The number of nitrogens with zero attached hydrogens (tertiary/aromatic N) is 2. The smallest absolute Gasteiger partial charge is 0.292 e. The molecule has 4 aromatic rings. The van der Waals surface area contributed by atoms with Crippen molar-refractivity contribution < 1.29 is 18.3 Å². The van der Waals surface area contributed by atoms with E-state index in [1.54, 1.807) is 54.7 Å². The van der Waals surface area contributed by atoms with Crippen molar-refractivity contribution in [3.05, 3.63) is 99.8 Å². The van der Waals surface area contributed by atoms with Crippen LogP contribution in [-0.2, 0) is 13.2 Å². The van der Waals surface area contributed by atoms with Gasteiger partial charge in [0, 0.05) is 27.9 Å². The average molecular weight is 460 g/mol. The molecule has 6 nitrogen and oxygen atoms in total. The minimum atomic E-state index is -0.469. The molecule has 0 fully saturated rings. The highest BCUT2D eigenvalue weighted by molar-refractivity contribution is 6.31. The van der Waals surface area contributed by atoms with E-state index >= 15 is 0 Å². The number of nitrogens with one attached hydrogen (secondary N) is 1. The highest BCUT2D eigenvalue weighted by atomic mass is 35.5. The summed E-state index contributed by atoms with van der Waals surface area (Å²) in [5, 5.41) is 7.74. The first kappa shape index (κ1) is 21.0. The Bertz CT molecular complexity index is 1200. The number of carbonyl (C=O) groups is 1. The number of ether oxygens (including phenoxy) is 1. The topological polar surface area (TPSA) is 69.3 Å². The summed E-state index contributed by atoms with van der Waals surface area (Å²) in [6.07, 6.45) is 1.62. The Hall–Kier alpha value is -3.29. The SMILES string of the molecule is O=C(Nc1ccn(Cc2c(F)cccc2Cl)n1)c1ccc(COc2cccc(Cl)c2)o1. The van der Waals surface area contributed by atoms with E-state index < -0.39 is 11.7 Å². The Balaban J connectivity index is 1.36. The molecule has 0 saturated heterocycles. The van der Waals surface area contributed by atoms with Gasteiger partial charge in [-0.3, -0.25) is 9.48 Å². The zero-order chi connectivity index (χ0) is 21.8. The molecule has 0 unspecified atom stereocenters. The monoisotopic (exact) mass is 459 g/mol. The number of anilines is 1. The molecule has 9 heteroatoms. The van der Waals surface area contributed by atoms with Crippen LogP contribution in [0.1, 0.15) is 21.9 Å². The van der Waals surface area contributed by atoms with E-state index in [0.29, 0.717) is 32.9 Å². The summed E-state index contributed by atoms with van der Waals surface area (Å²) >= 11 is 12.0. The van der Waals surface area contributed by atoms with Gasteiger partial charge in [0.15, 0.2) is 11.6 Å². The van der Waals surface area contributed by atoms with Crippen LogP contribution in [0.3, 0.4) is 0 Å². The number of carbonyl (C=O) groups excluding carboxylic acids is 1. The molecule has 1 N–H and O–H groups in total. The maximum absolute atomic E-state index is 13.9. The fourth-order valence-corrected chi connectivity index (χ4v) is 3.23. The van der Waals surface area contributed by atoms with Gasteiger partial charge in [0.2, 0.25) is 0 Å². The van der Waals surface area contributed by atoms with Crippen molar-refractivity contribution in [1.82, 2.24) is 9.78 Å². The molecule has 1 amide bonds. The second-order valence-corrected chi connectivity index (χ2v) is 7.41. The zero-order valence-electron chi connectivity index (χ0n) is 16.0. The van der Waals surface area contributed by atoms with E-state index in [4.69, 9.17) is 32.4 Å². The van der Waals surface area contributed by atoms with Crippen LogP contribution in [0, 0.1) is 5.82 Å². The number of rotatable bonds is 7. The molecular formula is C22H16Cl2FN3O3. The van der Waals surface area contributed by atoms with Crippen molar-refractivity contribution in [2.45, 2.75) is 13.2 Å². The summed E-state index contributed by atoms with van der Waals surface area (Å²) in [5.41, 5.74) is 0.320. The van der Waals surface area contributed by atoms with E-state index in [1.165, 1.54) is 16.8 Å². The third-order valence-electron chi connectivity index (χ3n) is 4.33. The number of amides is 1. The van der Waals surface area contributed by atoms with E-state index in [1.807, 2.05) is 0 Å². The predicted molar refractivity (Wildman–Crippen MR) is 115 cm³/mol. The van der Waals surface area contributed by atoms with Gasteiger partial charge in [-0.1, -0.05) is 35.3 Å². The van der Waals surface area contributed by atoms with Gasteiger partial charge in [-0.25, -0.2) is 4.39 Å². The fourth-order valence-electron chi connectivity index (χ4n) is 2.83. The van der Waals surface area contributed by atoms with Gasteiger partial charge >= 0.3 is 0 Å². The number of benzene rings is 2. The maximum Gasteiger partial charge on any atom is 0.292 e. The second kappa shape index (κ2) is 9.24. The van der Waals surface area contributed by atoms with Crippen LogP contribution in [0.5, 0.6) is 5.75 Å². The lowest BCUT2D eigenvalue weighted by Gasteiger charge is -2.06. The Morgan fingerprint density at radius 1 is 1.13 bits per heavy atom. The van der Waals surface area contributed by atoms with Crippen LogP contribution in [0.25, 0.3) is 0 Å². The molecule has 2 aromatic heterocycles. The molecule has 0 aliphatic rings. The minimum absolute atomic E-state index is 0.108. The lowest BCUT2D eigenvalue weighted by molar-refractivity contribution is 0.0992. The first-order chi connectivity index (χ1) is 15.0. The zero-order valence-corrected chi connectivity index (χ0v) is 17.5. The standard InChI is InChI=1S/C22H16Cl2FN3O3/c23-14-3-1-4-15(11-14)30-13-16-7-8-20(31-16)22(29)26-21-9-10-28(27-21)12-17-18(24)5-2-6-19(17)25/h1-11H,12-13H2,(H,26,27,29). The quantitative estimate of drug-likeness (QED) is 0.379. The fraction of sp³-hybridized carbons (Fsp3) is 0.0909. The largest absolute Gasteiger partial charge is 0.486 e. The van der Waals surface area contributed by atoms with E-state index in [-0.39, 0.29) is 18.9 Å². The predicted octanol–water partition coefficient (Wildman–Crippen LogP) is 5.80. The van der Waals surface area contributed by atoms with Gasteiger partial charge in [-0.05, 0) is 42.5 Å². The average Bonchev–Trinajstić information content (AvgIpc) is 3.39. The van der Waals surface area contributed by atoms with Crippen LogP contribution in [0.4, 0.5) is 10.2 Å². The van der Waals surface area contributed by atoms with E-state index in [2.05, 4.69) is 10.4 Å². The molecule has 0 radical (unpaired) electrons. The number of aromatic nitrogens is 2. The van der Waals surface area contributed by atoms with E-state index in [0.717, 1.165) is 0 Å². The third kappa shape index (κ3) is 5.25. The highest BCUT2D eigenvalue weighted by Crippen LogP contribution is 2.21.